The molecule has 2 heterocycles. The van der Waals surface area contributed by atoms with Crippen molar-refractivity contribution in [1.82, 2.24) is 4.57 Å². The molecule has 0 aliphatic heterocycles. The highest BCUT2D eigenvalue weighted by atomic mass is 16.5. The molecule has 0 fully saturated rings. The van der Waals surface area contributed by atoms with Gasteiger partial charge in [-0.3, -0.25) is 4.79 Å². The molecule has 1 atom stereocenters. The highest BCUT2D eigenvalue weighted by molar-refractivity contribution is 5.97. The third-order valence-corrected chi connectivity index (χ3v) is 4.99. The Morgan fingerprint density at radius 2 is 1.87 bits per heavy atom. The average Bonchev–Trinajstić information content (AvgIpc) is 3.32. The van der Waals surface area contributed by atoms with Crippen LogP contribution in [0.2, 0.25) is 0 Å². The number of benzene rings is 1. The summed E-state index contributed by atoms with van der Waals surface area (Å²) in [4.78, 5) is 27.1. The van der Waals surface area contributed by atoms with Gasteiger partial charge in [-0.1, -0.05) is 0 Å². The molecule has 0 radical (unpaired) electrons. The number of nitrogens with zero attached hydrogens (tertiary/aromatic N) is 2. The number of carbonyl (C=O) groups excluding carboxylic acids is 2. The summed E-state index contributed by atoms with van der Waals surface area (Å²) in [6.07, 6.45) is 0.687. The Labute approximate surface area is 176 Å². The van der Waals surface area contributed by atoms with E-state index in [0.29, 0.717) is 17.8 Å². The largest absolute Gasteiger partial charge is 0.467 e. The molecule has 7 nitrogen and oxygen atoms in total. The maximum absolute atomic E-state index is 12.7. The fourth-order valence-corrected chi connectivity index (χ4v) is 3.17. The van der Waals surface area contributed by atoms with E-state index in [1.807, 2.05) is 73.8 Å². The number of ether oxygens (including phenoxy) is 1. The van der Waals surface area contributed by atoms with Crippen LogP contribution in [0.15, 0.2) is 53.1 Å². The summed E-state index contributed by atoms with van der Waals surface area (Å²) < 4.78 is 12.8. The third kappa shape index (κ3) is 4.74. The molecule has 0 bridgehead atoms. The average molecular weight is 409 g/mol. The molecule has 0 saturated carbocycles. The van der Waals surface area contributed by atoms with Crippen molar-refractivity contribution < 1.29 is 18.7 Å². The molecule has 1 unspecified atom stereocenters. The summed E-state index contributed by atoms with van der Waals surface area (Å²) in [7, 11) is 3.89. The number of furan rings is 1. The van der Waals surface area contributed by atoms with Crippen molar-refractivity contribution in [2.75, 3.05) is 24.3 Å². The molecule has 2 aromatic heterocycles. The Bertz CT molecular complexity index is 1020. The summed E-state index contributed by atoms with van der Waals surface area (Å²) in [5, 5.41) is 2.77. The Morgan fingerprint density at radius 3 is 2.47 bits per heavy atom. The van der Waals surface area contributed by atoms with Crippen LogP contribution in [0.5, 0.6) is 0 Å². The first-order valence-corrected chi connectivity index (χ1v) is 9.74. The first-order valence-electron chi connectivity index (χ1n) is 9.74. The first-order chi connectivity index (χ1) is 14.3. The molecule has 0 aliphatic carbocycles. The number of aromatic nitrogens is 1. The minimum absolute atomic E-state index is 0.384. The van der Waals surface area contributed by atoms with Gasteiger partial charge in [-0.25, -0.2) is 4.79 Å². The van der Waals surface area contributed by atoms with Gasteiger partial charge >= 0.3 is 5.97 Å². The van der Waals surface area contributed by atoms with E-state index in [4.69, 9.17) is 9.15 Å². The molecule has 0 saturated heterocycles. The smallest absolute Gasteiger partial charge is 0.340 e. The number of hydrogen-bond acceptors (Lipinski definition) is 5. The van der Waals surface area contributed by atoms with E-state index in [9.17, 15) is 9.59 Å². The van der Waals surface area contributed by atoms with Crippen LogP contribution in [0.1, 0.15) is 34.4 Å². The number of aryl methyl sites for hydroxylation is 1. The third-order valence-electron chi connectivity index (χ3n) is 4.99. The molecule has 0 aliphatic rings. The van der Waals surface area contributed by atoms with Crippen molar-refractivity contribution in [3.8, 4) is 0 Å². The predicted molar refractivity (Wildman–Crippen MR) is 116 cm³/mol. The maximum Gasteiger partial charge on any atom is 0.340 e. The lowest BCUT2D eigenvalue weighted by Crippen LogP contribution is -2.30. The summed E-state index contributed by atoms with van der Waals surface area (Å²) in [5.74, 6) is -0.116. The van der Waals surface area contributed by atoms with Crippen molar-refractivity contribution >= 4 is 23.3 Å². The van der Waals surface area contributed by atoms with Gasteiger partial charge in [0.05, 0.1) is 18.4 Å². The van der Waals surface area contributed by atoms with Gasteiger partial charge in [0.25, 0.3) is 5.91 Å². The zero-order chi connectivity index (χ0) is 21.8. The molecule has 0 spiro atoms. The lowest BCUT2D eigenvalue weighted by molar-refractivity contribution is -0.123. The van der Waals surface area contributed by atoms with Gasteiger partial charge in [-0.2, -0.15) is 0 Å². The number of anilines is 2. The van der Waals surface area contributed by atoms with E-state index in [-0.39, 0.29) is 5.91 Å². The van der Waals surface area contributed by atoms with Gasteiger partial charge < -0.3 is 23.9 Å². The van der Waals surface area contributed by atoms with Crippen LogP contribution in [0.4, 0.5) is 11.4 Å². The second-order valence-corrected chi connectivity index (χ2v) is 7.43. The van der Waals surface area contributed by atoms with E-state index in [1.54, 1.807) is 19.3 Å². The van der Waals surface area contributed by atoms with Crippen LogP contribution in [0.3, 0.4) is 0 Å². The second kappa shape index (κ2) is 8.90. The molecular weight excluding hydrogens is 382 g/mol. The molecule has 158 valence electrons. The molecule has 1 aromatic carbocycles. The Kier molecular flexibility index (Phi) is 6.30. The van der Waals surface area contributed by atoms with E-state index >= 15 is 0 Å². The van der Waals surface area contributed by atoms with Crippen molar-refractivity contribution in [3.63, 3.8) is 0 Å². The van der Waals surface area contributed by atoms with Crippen LogP contribution in [-0.4, -0.2) is 36.6 Å². The zero-order valence-corrected chi connectivity index (χ0v) is 17.9. The van der Waals surface area contributed by atoms with Crippen LogP contribution < -0.4 is 10.2 Å². The molecule has 30 heavy (non-hydrogen) atoms. The van der Waals surface area contributed by atoms with E-state index < -0.39 is 12.1 Å². The molecular formula is C23H27N3O4. The maximum atomic E-state index is 12.7. The highest BCUT2D eigenvalue weighted by Crippen LogP contribution is 2.20. The minimum atomic E-state index is -0.931. The Hall–Kier alpha value is -3.48. The summed E-state index contributed by atoms with van der Waals surface area (Å²) in [6.45, 7) is 5.85. The van der Waals surface area contributed by atoms with Gasteiger partial charge in [-0.05, 0) is 63.2 Å². The molecule has 3 aromatic rings. The van der Waals surface area contributed by atoms with Crippen molar-refractivity contribution in [2.24, 2.45) is 0 Å². The van der Waals surface area contributed by atoms with Gasteiger partial charge in [-0.15, -0.1) is 0 Å². The SMILES string of the molecule is Cc1cc(C(=O)OC(C)C(=O)Nc2ccc(N(C)C)cc2)c(C)n1Cc1ccco1. The first kappa shape index (κ1) is 21.2. The van der Waals surface area contributed by atoms with Crippen LogP contribution in [0, 0.1) is 13.8 Å². The van der Waals surface area contributed by atoms with Crippen molar-refractivity contribution in [1.29, 1.82) is 0 Å². The number of amides is 1. The number of nitrogens with one attached hydrogen (secondary N) is 1. The Morgan fingerprint density at radius 1 is 1.17 bits per heavy atom. The van der Waals surface area contributed by atoms with Gasteiger partial charge in [0.15, 0.2) is 6.10 Å². The second-order valence-electron chi connectivity index (χ2n) is 7.43. The fourth-order valence-electron chi connectivity index (χ4n) is 3.17. The zero-order valence-electron chi connectivity index (χ0n) is 17.9. The summed E-state index contributed by atoms with van der Waals surface area (Å²) in [5.41, 5.74) is 3.78. The van der Waals surface area contributed by atoms with E-state index in [1.165, 1.54) is 0 Å². The van der Waals surface area contributed by atoms with Gasteiger partial charge in [0, 0.05) is 36.9 Å². The van der Waals surface area contributed by atoms with Crippen molar-refractivity contribution in [3.05, 3.63) is 71.4 Å². The van der Waals surface area contributed by atoms with E-state index in [0.717, 1.165) is 22.8 Å². The van der Waals surface area contributed by atoms with Gasteiger partial charge in [0.1, 0.15) is 5.76 Å². The molecule has 3 rings (SSSR count). The Balaban J connectivity index is 1.64. The number of esters is 1. The topological polar surface area (TPSA) is 76.7 Å². The van der Waals surface area contributed by atoms with Crippen LogP contribution in [0.25, 0.3) is 0 Å². The normalized spacial score (nSPS) is 11.8. The predicted octanol–water partition coefficient (Wildman–Crippen LogP) is 4.00. The summed E-state index contributed by atoms with van der Waals surface area (Å²) in [6, 6.07) is 12.9. The quantitative estimate of drug-likeness (QED) is 0.597. The number of carbonyl (C=O) groups is 2. The molecule has 1 amide bonds. The standard InChI is InChI=1S/C23H27N3O4/c1-15-13-21(16(2)26(15)14-20-7-6-12-29-20)23(28)30-17(3)22(27)24-18-8-10-19(11-9-18)25(4)5/h6-13,17H,14H2,1-5H3,(H,24,27). The number of hydrogen-bond donors (Lipinski definition) is 1. The van der Waals surface area contributed by atoms with Gasteiger partial charge in [0.2, 0.25) is 0 Å². The molecule has 7 heteroatoms. The fraction of sp³-hybridized carbons (Fsp3) is 0.304. The van der Waals surface area contributed by atoms with Crippen molar-refractivity contribution in [2.45, 2.75) is 33.4 Å². The number of rotatable bonds is 7. The molecule has 1 N–H and O–H groups in total. The minimum Gasteiger partial charge on any atom is -0.467 e. The van der Waals surface area contributed by atoms with Crippen LogP contribution in [-0.2, 0) is 16.1 Å². The van der Waals surface area contributed by atoms with E-state index in [2.05, 4.69) is 5.32 Å². The summed E-state index contributed by atoms with van der Waals surface area (Å²) >= 11 is 0. The lowest BCUT2D eigenvalue weighted by Gasteiger charge is -2.15. The monoisotopic (exact) mass is 409 g/mol. The lowest BCUT2D eigenvalue weighted by atomic mass is 10.2. The van der Waals surface area contributed by atoms with Crippen LogP contribution >= 0.6 is 0 Å². The highest BCUT2D eigenvalue weighted by Gasteiger charge is 2.23.